The summed E-state index contributed by atoms with van der Waals surface area (Å²) in [4.78, 5) is 12.3. The Labute approximate surface area is 118 Å². The molecule has 1 heterocycles. The number of aliphatic hydroxyl groups excluding tert-OH is 1. The average molecular weight is 270 g/mol. The molecule has 104 valence electrons. The molecule has 1 amide bonds. The van der Waals surface area contributed by atoms with Crippen LogP contribution in [0.15, 0.2) is 48.7 Å². The van der Waals surface area contributed by atoms with Crippen LogP contribution in [0.5, 0.6) is 0 Å². The molecular formula is C16H18N2O2. The first-order valence-electron chi connectivity index (χ1n) is 6.85. The lowest BCUT2D eigenvalue weighted by molar-refractivity contribution is 0.0898. The zero-order valence-electron chi connectivity index (χ0n) is 11.2. The maximum atomic E-state index is 12.3. The molecule has 20 heavy (non-hydrogen) atoms. The Morgan fingerprint density at radius 2 is 1.95 bits per heavy atom. The number of nitrogens with zero attached hydrogens (tertiary/aromatic N) is 1. The van der Waals surface area contributed by atoms with Crippen LogP contribution in [0.2, 0.25) is 0 Å². The predicted octanol–water partition coefficient (Wildman–Crippen LogP) is 1.79. The number of aromatic nitrogens is 1. The second kappa shape index (κ2) is 5.13. The van der Waals surface area contributed by atoms with Crippen molar-refractivity contribution < 1.29 is 9.90 Å². The molecule has 0 atom stereocenters. The van der Waals surface area contributed by atoms with E-state index in [1.807, 2.05) is 53.2 Å². The van der Waals surface area contributed by atoms with Crippen LogP contribution in [-0.2, 0) is 6.54 Å². The van der Waals surface area contributed by atoms with Crippen LogP contribution in [0.3, 0.4) is 0 Å². The molecule has 0 saturated heterocycles. The summed E-state index contributed by atoms with van der Waals surface area (Å²) in [7, 11) is 0. The summed E-state index contributed by atoms with van der Waals surface area (Å²) in [5.74, 6) is -0.113. The monoisotopic (exact) mass is 270 g/mol. The lowest BCUT2D eigenvalue weighted by Gasteiger charge is -2.15. The zero-order chi connectivity index (χ0) is 14.0. The van der Waals surface area contributed by atoms with Gasteiger partial charge in [0, 0.05) is 12.7 Å². The van der Waals surface area contributed by atoms with Gasteiger partial charge in [-0.15, -0.1) is 0 Å². The van der Waals surface area contributed by atoms with E-state index < -0.39 is 0 Å². The number of rotatable bonds is 5. The highest BCUT2D eigenvalue weighted by Gasteiger charge is 2.43. The summed E-state index contributed by atoms with van der Waals surface area (Å²) < 4.78 is 1.93. The van der Waals surface area contributed by atoms with Gasteiger partial charge in [-0.3, -0.25) is 4.79 Å². The number of nitrogens with one attached hydrogen (secondary N) is 1. The van der Waals surface area contributed by atoms with Gasteiger partial charge in [0.05, 0.1) is 12.1 Å². The Bertz CT molecular complexity index is 600. The van der Waals surface area contributed by atoms with Gasteiger partial charge in [0.25, 0.3) is 5.91 Å². The Balaban J connectivity index is 1.75. The first-order valence-corrected chi connectivity index (χ1v) is 6.85. The normalized spacial score (nSPS) is 15.8. The van der Waals surface area contributed by atoms with Crippen LogP contribution in [0, 0.1) is 0 Å². The van der Waals surface area contributed by atoms with Gasteiger partial charge in [-0.25, -0.2) is 0 Å². The third-order valence-corrected chi connectivity index (χ3v) is 3.79. The zero-order valence-corrected chi connectivity index (χ0v) is 11.2. The summed E-state index contributed by atoms with van der Waals surface area (Å²) in [6.07, 6.45) is 3.61. The topological polar surface area (TPSA) is 54.3 Å². The van der Waals surface area contributed by atoms with Crippen LogP contribution in [0.4, 0.5) is 0 Å². The lowest BCUT2D eigenvalue weighted by Crippen LogP contribution is -2.40. The first kappa shape index (κ1) is 12.9. The largest absolute Gasteiger partial charge is 0.394 e. The average Bonchev–Trinajstić information content (AvgIpc) is 3.09. The molecule has 0 aliphatic heterocycles. The maximum absolute atomic E-state index is 12.3. The summed E-state index contributed by atoms with van der Waals surface area (Å²) in [5.41, 5.74) is 1.41. The van der Waals surface area contributed by atoms with Crippen molar-refractivity contribution in [2.75, 3.05) is 6.61 Å². The molecule has 2 N–H and O–H groups in total. The molecule has 1 aromatic carbocycles. The minimum absolute atomic E-state index is 0.0120. The second-order valence-electron chi connectivity index (χ2n) is 5.40. The Morgan fingerprint density at radius 3 is 2.60 bits per heavy atom. The molecule has 0 radical (unpaired) electrons. The highest BCUT2D eigenvalue weighted by Crippen LogP contribution is 2.34. The van der Waals surface area contributed by atoms with Crippen molar-refractivity contribution >= 4 is 5.91 Å². The van der Waals surface area contributed by atoms with Crippen molar-refractivity contribution in [1.82, 2.24) is 9.88 Å². The number of carbonyl (C=O) groups is 1. The van der Waals surface area contributed by atoms with Gasteiger partial charge in [-0.2, -0.15) is 0 Å². The van der Waals surface area contributed by atoms with Crippen LogP contribution in [-0.4, -0.2) is 27.7 Å². The predicted molar refractivity (Wildman–Crippen MR) is 76.5 cm³/mol. The minimum atomic E-state index is -0.376. The van der Waals surface area contributed by atoms with Gasteiger partial charge < -0.3 is 15.0 Å². The SMILES string of the molecule is O=C(NC1(CO)CC1)c1cccn1Cc1ccccc1. The Kier molecular flexibility index (Phi) is 3.32. The second-order valence-corrected chi connectivity index (χ2v) is 5.40. The summed E-state index contributed by atoms with van der Waals surface area (Å²) in [6, 6.07) is 13.7. The smallest absolute Gasteiger partial charge is 0.268 e. The van der Waals surface area contributed by atoms with E-state index in [9.17, 15) is 9.90 Å². The van der Waals surface area contributed by atoms with Crippen LogP contribution in [0.1, 0.15) is 28.9 Å². The molecule has 1 saturated carbocycles. The van der Waals surface area contributed by atoms with Gasteiger partial charge in [-0.05, 0) is 30.5 Å². The molecule has 1 aliphatic carbocycles. The molecule has 1 fully saturated rings. The van der Waals surface area contributed by atoms with Crippen molar-refractivity contribution in [2.24, 2.45) is 0 Å². The summed E-state index contributed by atoms with van der Waals surface area (Å²) in [6.45, 7) is 0.681. The van der Waals surface area contributed by atoms with E-state index in [-0.39, 0.29) is 18.1 Å². The fourth-order valence-corrected chi connectivity index (χ4v) is 2.32. The Hall–Kier alpha value is -2.07. The Morgan fingerprint density at radius 1 is 1.20 bits per heavy atom. The summed E-state index contributed by atoms with van der Waals surface area (Å²) >= 11 is 0. The van der Waals surface area contributed by atoms with E-state index in [4.69, 9.17) is 0 Å². The van der Waals surface area contributed by atoms with E-state index in [2.05, 4.69) is 5.32 Å². The van der Waals surface area contributed by atoms with E-state index in [1.165, 1.54) is 0 Å². The highest BCUT2D eigenvalue weighted by molar-refractivity contribution is 5.93. The quantitative estimate of drug-likeness (QED) is 0.870. The van der Waals surface area contributed by atoms with Crippen LogP contribution >= 0.6 is 0 Å². The molecule has 1 aliphatic rings. The van der Waals surface area contributed by atoms with Gasteiger partial charge in [0.15, 0.2) is 0 Å². The van der Waals surface area contributed by atoms with Crippen molar-refractivity contribution in [3.8, 4) is 0 Å². The third-order valence-electron chi connectivity index (χ3n) is 3.79. The fourth-order valence-electron chi connectivity index (χ4n) is 2.32. The molecule has 1 aromatic heterocycles. The minimum Gasteiger partial charge on any atom is -0.394 e. The molecule has 0 unspecified atom stereocenters. The van der Waals surface area contributed by atoms with Gasteiger partial charge in [-0.1, -0.05) is 30.3 Å². The summed E-state index contributed by atoms with van der Waals surface area (Å²) in [5, 5.41) is 12.2. The van der Waals surface area contributed by atoms with Crippen molar-refractivity contribution in [2.45, 2.75) is 24.9 Å². The van der Waals surface area contributed by atoms with Gasteiger partial charge in [0.2, 0.25) is 0 Å². The third kappa shape index (κ3) is 2.60. The van der Waals surface area contributed by atoms with Crippen LogP contribution in [0.25, 0.3) is 0 Å². The number of amides is 1. The first-order chi connectivity index (χ1) is 9.72. The number of benzene rings is 1. The van der Waals surface area contributed by atoms with E-state index in [0.29, 0.717) is 12.2 Å². The molecule has 3 rings (SSSR count). The maximum Gasteiger partial charge on any atom is 0.268 e. The van der Waals surface area contributed by atoms with E-state index >= 15 is 0 Å². The van der Waals surface area contributed by atoms with E-state index in [0.717, 1.165) is 18.4 Å². The number of carbonyl (C=O) groups excluding carboxylic acids is 1. The van der Waals surface area contributed by atoms with Gasteiger partial charge in [0.1, 0.15) is 5.69 Å². The molecule has 0 bridgehead atoms. The highest BCUT2D eigenvalue weighted by atomic mass is 16.3. The molecule has 4 nitrogen and oxygen atoms in total. The fraction of sp³-hybridized carbons (Fsp3) is 0.312. The number of hydrogen-bond acceptors (Lipinski definition) is 2. The molecule has 4 heteroatoms. The molecular weight excluding hydrogens is 252 g/mol. The number of aliphatic hydroxyl groups is 1. The molecule has 0 spiro atoms. The lowest BCUT2D eigenvalue weighted by atomic mass is 10.2. The number of hydrogen-bond donors (Lipinski definition) is 2. The molecule has 2 aromatic rings. The van der Waals surface area contributed by atoms with Gasteiger partial charge >= 0.3 is 0 Å². The van der Waals surface area contributed by atoms with Crippen molar-refractivity contribution in [1.29, 1.82) is 0 Å². The van der Waals surface area contributed by atoms with Crippen molar-refractivity contribution in [3.05, 3.63) is 59.9 Å². The van der Waals surface area contributed by atoms with Crippen molar-refractivity contribution in [3.63, 3.8) is 0 Å². The van der Waals surface area contributed by atoms with Crippen LogP contribution < -0.4 is 5.32 Å². The standard InChI is InChI=1S/C16H18N2O2/c19-12-16(8-9-16)17-15(20)14-7-4-10-18(14)11-13-5-2-1-3-6-13/h1-7,10,19H,8-9,11-12H2,(H,17,20). The van der Waals surface area contributed by atoms with E-state index in [1.54, 1.807) is 0 Å².